The predicted octanol–water partition coefficient (Wildman–Crippen LogP) is 7.57. The van der Waals surface area contributed by atoms with Gasteiger partial charge in [-0.2, -0.15) is 10.2 Å². The molecule has 3 heterocycles. The van der Waals surface area contributed by atoms with E-state index >= 15 is 9.59 Å². The smallest absolute Gasteiger partial charge is 0.329 e. The predicted molar refractivity (Wildman–Crippen MR) is 329 cm³/mol. The first kappa shape index (κ1) is 71.3. The zero-order chi connectivity index (χ0) is 65.4. The molecule has 2 unspecified atom stereocenters. The van der Waals surface area contributed by atoms with Crippen molar-refractivity contribution in [1.29, 1.82) is 0 Å². The van der Waals surface area contributed by atoms with E-state index in [9.17, 15) is 28.8 Å². The monoisotopic (exact) mass is 1220 g/mol. The summed E-state index contributed by atoms with van der Waals surface area (Å²) in [6.07, 6.45) is -3.18. The Balaban J connectivity index is 1.58. The van der Waals surface area contributed by atoms with E-state index in [1.165, 1.54) is 42.0 Å². The SMILES string of the molecule is COC(C)c1ccnn1Cc1ccc(C[C@H]2OC(=O)[C@H](CC(C)C)N(C)C(=O)[C@@H](C)OC(=O)[C@H](CC(C)C)N(C)C(=O)[C@@H](Cc3ccc(Cn4nccc4C(C)OC)cc3)OC(=O)[C@H](CC(C)C)N(C)C(=O)[C@@H](C)OC(=O)[C@H](CC(C)C)N(C)C2=O)cc1. The van der Waals surface area contributed by atoms with Crippen LogP contribution in [0, 0.1) is 23.7 Å². The van der Waals surface area contributed by atoms with Gasteiger partial charge in [-0.25, -0.2) is 19.2 Å². The van der Waals surface area contributed by atoms with Crippen LogP contribution in [0.25, 0.3) is 0 Å². The Morgan fingerprint density at radius 1 is 0.398 bits per heavy atom. The molecule has 484 valence electrons. The van der Waals surface area contributed by atoms with Gasteiger partial charge in [0.25, 0.3) is 23.6 Å². The number of hydrogen-bond donors (Lipinski definition) is 0. The lowest BCUT2D eigenvalue weighted by atomic mass is 9.99. The maximum atomic E-state index is 15.1. The Morgan fingerprint density at radius 3 is 0.932 bits per heavy atom. The Kier molecular flexibility index (Phi) is 26.5. The molecule has 22 heteroatoms. The van der Waals surface area contributed by atoms with Crippen molar-refractivity contribution in [3.8, 4) is 0 Å². The zero-order valence-electron chi connectivity index (χ0n) is 55.0. The van der Waals surface area contributed by atoms with Gasteiger partial charge in [-0.05, 0) is 111 Å². The number of hydrogen-bond acceptors (Lipinski definition) is 16. The van der Waals surface area contributed by atoms with Gasteiger partial charge in [-0.1, -0.05) is 104 Å². The van der Waals surface area contributed by atoms with Crippen LogP contribution in [-0.2, 0) is 92.7 Å². The number of amides is 4. The second kappa shape index (κ2) is 32.7. The second-order valence-electron chi connectivity index (χ2n) is 25.0. The first-order valence-electron chi connectivity index (χ1n) is 30.6. The molecule has 10 atom stereocenters. The molecule has 0 N–H and O–H groups in total. The molecule has 88 heavy (non-hydrogen) atoms. The molecule has 2 aromatic heterocycles. The summed E-state index contributed by atoms with van der Waals surface area (Å²) < 4.78 is 39.1. The van der Waals surface area contributed by atoms with Gasteiger partial charge >= 0.3 is 23.9 Å². The van der Waals surface area contributed by atoms with Crippen molar-refractivity contribution < 1.29 is 66.8 Å². The van der Waals surface area contributed by atoms with Gasteiger partial charge in [0, 0.05) is 67.6 Å². The number of nitrogens with zero attached hydrogens (tertiary/aromatic N) is 8. The number of likely N-dealkylation sites (N-methyl/N-ethyl adjacent to an activating group) is 4. The summed E-state index contributed by atoms with van der Waals surface area (Å²) in [4.78, 5) is 123. The molecule has 0 bridgehead atoms. The number of benzene rings is 2. The normalized spacial score (nSPS) is 23.0. The molecule has 0 radical (unpaired) electrons. The van der Waals surface area contributed by atoms with E-state index in [0.29, 0.717) is 24.2 Å². The van der Waals surface area contributed by atoms with Crippen molar-refractivity contribution in [3.63, 3.8) is 0 Å². The number of ether oxygens (including phenoxy) is 6. The Hall–Kier alpha value is -7.46. The fourth-order valence-corrected chi connectivity index (χ4v) is 10.7. The maximum Gasteiger partial charge on any atom is 0.329 e. The number of methoxy groups -OCH3 is 2. The Labute approximate surface area is 519 Å². The minimum atomic E-state index is -1.56. The average molecular weight is 1230 g/mol. The maximum absolute atomic E-state index is 15.1. The van der Waals surface area contributed by atoms with Gasteiger partial charge < -0.3 is 48.0 Å². The molecule has 4 aromatic rings. The zero-order valence-corrected chi connectivity index (χ0v) is 55.0. The quantitative estimate of drug-likeness (QED) is 0.0612. The molecule has 1 fully saturated rings. The van der Waals surface area contributed by atoms with Gasteiger partial charge in [0.1, 0.15) is 24.2 Å². The third-order valence-electron chi connectivity index (χ3n) is 16.1. The lowest BCUT2D eigenvalue weighted by Gasteiger charge is -2.35. The molecule has 0 saturated carbocycles. The first-order chi connectivity index (χ1) is 41.5. The number of esters is 4. The van der Waals surface area contributed by atoms with Crippen molar-refractivity contribution in [1.82, 2.24) is 39.2 Å². The molecule has 1 aliphatic rings. The number of aromatic nitrogens is 4. The van der Waals surface area contributed by atoms with E-state index in [-0.39, 0.29) is 74.4 Å². The van der Waals surface area contributed by atoms with Crippen LogP contribution in [0.2, 0.25) is 0 Å². The first-order valence-corrected chi connectivity index (χ1v) is 30.6. The highest BCUT2D eigenvalue weighted by atomic mass is 16.6. The lowest BCUT2D eigenvalue weighted by Crippen LogP contribution is -2.55. The molecule has 22 nitrogen and oxygen atoms in total. The van der Waals surface area contributed by atoms with Crippen LogP contribution in [0.5, 0.6) is 0 Å². The summed E-state index contributed by atoms with van der Waals surface area (Å²) in [6, 6.07) is 13.2. The van der Waals surface area contributed by atoms with Crippen LogP contribution in [0.1, 0.15) is 155 Å². The largest absolute Gasteiger partial charge is 0.451 e. The fourth-order valence-electron chi connectivity index (χ4n) is 10.7. The average Bonchev–Trinajstić information content (AvgIpc) is 4.37. The van der Waals surface area contributed by atoms with Crippen LogP contribution >= 0.6 is 0 Å². The third-order valence-corrected chi connectivity index (χ3v) is 16.1. The third kappa shape index (κ3) is 19.3. The second-order valence-corrected chi connectivity index (χ2v) is 25.0. The highest BCUT2D eigenvalue weighted by molar-refractivity contribution is 5.94. The van der Waals surface area contributed by atoms with Gasteiger partial charge in [0.2, 0.25) is 0 Å². The topological polar surface area (TPSA) is 241 Å². The Morgan fingerprint density at radius 2 is 0.659 bits per heavy atom. The van der Waals surface area contributed by atoms with Crippen LogP contribution in [-0.4, -0.2) is 178 Å². The number of carbonyl (C=O) groups is 8. The molecule has 0 spiro atoms. The molecule has 1 saturated heterocycles. The van der Waals surface area contributed by atoms with Crippen LogP contribution in [0.4, 0.5) is 0 Å². The van der Waals surface area contributed by atoms with Crippen LogP contribution in [0.15, 0.2) is 73.1 Å². The van der Waals surface area contributed by atoms with Crippen LogP contribution in [0.3, 0.4) is 0 Å². The van der Waals surface area contributed by atoms with Gasteiger partial charge in [0.05, 0.1) is 36.7 Å². The summed E-state index contributed by atoms with van der Waals surface area (Å²) in [5.74, 6) is -7.58. The summed E-state index contributed by atoms with van der Waals surface area (Å²) >= 11 is 0. The standard InChI is InChI=1S/C66H96N8O14/c1-39(2)31-53-63(79)85-45(11)59(75)69(13)56(34-42(7)8)66(82)88-58(36-48-21-25-50(26-22-48)38-74-52(28-30-68-74)44(10)84-18)62(78)72(16)54(32-40(3)4)64(80)86-46(12)60(76)70(14)55(33-41(5)6)65(81)87-57(61(77)71(53)15)35-47-19-23-49(24-20-47)37-73-51(27-29-67-73)43(9)83-17/h19-30,39-46,53-58H,31-38H2,1-18H3/t43?,44?,45-,46-,53+,54+,55+,56+,57-,58-/m1/s1. The Bertz CT molecular complexity index is 2760. The summed E-state index contributed by atoms with van der Waals surface area (Å²) in [5, 5.41) is 8.94. The van der Waals surface area contributed by atoms with Crippen LogP contribution < -0.4 is 0 Å². The highest BCUT2D eigenvalue weighted by Gasteiger charge is 2.43. The van der Waals surface area contributed by atoms with E-state index in [2.05, 4.69) is 10.2 Å². The summed E-state index contributed by atoms with van der Waals surface area (Å²) in [6.45, 7) is 22.2. The van der Waals surface area contributed by atoms with E-state index in [0.717, 1.165) is 42.1 Å². The molecular formula is C66H96N8O14. The van der Waals surface area contributed by atoms with Gasteiger partial charge in [-0.15, -0.1) is 0 Å². The number of carbonyl (C=O) groups excluding carboxylic acids is 8. The van der Waals surface area contributed by atoms with Crippen molar-refractivity contribution in [2.24, 2.45) is 23.7 Å². The van der Waals surface area contributed by atoms with E-state index < -0.39 is 96.1 Å². The van der Waals surface area contributed by atoms with E-state index in [1.807, 2.05) is 115 Å². The molecule has 2 aromatic carbocycles. The van der Waals surface area contributed by atoms with Gasteiger partial charge in [0.15, 0.2) is 24.4 Å². The summed E-state index contributed by atoms with van der Waals surface area (Å²) in [7, 11) is 8.80. The minimum Gasteiger partial charge on any atom is -0.451 e. The van der Waals surface area contributed by atoms with E-state index in [4.69, 9.17) is 28.4 Å². The molecule has 0 aliphatic carbocycles. The number of rotatable bonds is 20. The van der Waals surface area contributed by atoms with Crippen molar-refractivity contribution in [2.45, 2.75) is 195 Å². The minimum absolute atomic E-state index is 0.0694. The molecule has 1 aliphatic heterocycles. The van der Waals surface area contributed by atoms with Crippen molar-refractivity contribution in [2.75, 3.05) is 42.4 Å². The summed E-state index contributed by atoms with van der Waals surface area (Å²) in [5.41, 5.74) is 4.70. The fraction of sp³-hybridized carbons (Fsp3) is 0.606. The van der Waals surface area contributed by atoms with Crippen molar-refractivity contribution in [3.05, 3.63) is 107 Å². The highest BCUT2D eigenvalue weighted by Crippen LogP contribution is 2.26. The molecular weight excluding hydrogens is 1130 g/mol. The van der Waals surface area contributed by atoms with Crippen molar-refractivity contribution >= 4 is 47.5 Å². The lowest BCUT2D eigenvalue weighted by molar-refractivity contribution is -0.176. The molecule has 4 amide bonds. The molecule has 5 rings (SSSR count). The van der Waals surface area contributed by atoms with E-state index in [1.54, 1.807) is 50.9 Å². The van der Waals surface area contributed by atoms with Gasteiger partial charge in [-0.3, -0.25) is 28.5 Å². The number of cyclic esters (lactones) is 4.